The average molecular weight is 281 g/mol. The van der Waals surface area contributed by atoms with Gasteiger partial charge in [-0.2, -0.15) is 11.3 Å². The fraction of sp³-hybridized carbons (Fsp3) is 0.643. The van der Waals surface area contributed by atoms with Crippen molar-refractivity contribution in [1.82, 2.24) is 14.7 Å². The number of nitrogens with zero attached hydrogens (tertiary/aromatic N) is 3. The highest BCUT2D eigenvalue weighted by Crippen LogP contribution is 2.23. The summed E-state index contributed by atoms with van der Waals surface area (Å²) in [7, 11) is 3.87. The zero-order chi connectivity index (χ0) is 13.8. The highest BCUT2D eigenvalue weighted by molar-refractivity contribution is 7.07. The van der Waals surface area contributed by atoms with Crippen LogP contribution in [0.25, 0.3) is 0 Å². The lowest BCUT2D eigenvalue weighted by molar-refractivity contribution is -0.133. The summed E-state index contributed by atoms with van der Waals surface area (Å²) in [6.45, 7) is 6.40. The molecule has 0 aliphatic carbocycles. The molecule has 1 aromatic heterocycles. The van der Waals surface area contributed by atoms with E-state index in [4.69, 9.17) is 0 Å². The molecule has 0 spiro atoms. The first-order valence-corrected chi connectivity index (χ1v) is 7.71. The maximum Gasteiger partial charge on any atom is 0.236 e. The van der Waals surface area contributed by atoms with Crippen LogP contribution in [-0.4, -0.2) is 67.4 Å². The number of thiophene rings is 1. The SMILES string of the molecule is C[C@@H](c1ccsc1)N1CCN(C(=O)CN(C)C)CC1. The molecule has 1 saturated heterocycles. The molecule has 19 heavy (non-hydrogen) atoms. The van der Waals surface area contributed by atoms with Crippen LogP contribution >= 0.6 is 11.3 Å². The largest absolute Gasteiger partial charge is 0.339 e. The van der Waals surface area contributed by atoms with Crippen LogP contribution in [-0.2, 0) is 4.79 Å². The Morgan fingerprint density at radius 2 is 2.05 bits per heavy atom. The van der Waals surface area contributed by atoms with Gasteiger partial charge >= 0.3 is 0 Å². The maximum absolute atomic E-state index is 12.0. The van der Waals surface area contributed by atoms with E-state index in [0.717, 1.165) is 26.2 Å². The molecular formula is C14H23N3OS. The Morgan fingerprint density at radius 1 is 1.37 bits per heavy atom. The van der Waals surface area contributed by atoms with Crippen molar-refractivity contribution in [3.8, 4) is 0 Å². The summed E-state index contributed by atoms with van der Waals surface area (Å²) in [6, 6.07) is 2.65. The number of piperazine rings is 1. The van der Waals surface area contributed by atoms with Crippen LogP contribution in [0.4, 0.5) is 0 Å². The quantitative estimate of drug-likeness (QED) is 0.837. The van der Waals surface area contributed by atoms with Gasteiger partial charge in [0.25, 0.3) is 0 Å². The predicted octanol–water partition coefficient (Wildman–Crippen LogP) is 1.51. The Balaban J connectivity index is 1.84. The maximum atomic E-state index is 12.0. The monoisotopic (exact) mass is 281 g/mol. The summed E-state index contributed by atoms with van der Waals surface area (Å²) >= 11 is 1.75. The Labute approximate surface area is 119 Å². The minimum Gasteiger partial charge on any atom is -0.339 e. The number of amides is 1. The molecule has 1 aromatic rings. The Bertz CT molecular complexity index is 397. The van der Waals surface area contributed by atoms with Crippen molar-refractivity contribution in [2.45, 2.75) is 13.0 Å². The summed E-state index contributed by atoms with van der Waals surface area (Å²) in [5.74, 6) is 0.243. The van der Waals surface area contributed by atoms with Gasteiger partial charge in [0.05, 0.1) is 6.54 Å². The zero-order valence-corrected chi connectivity index (χ0v) is 12.8. The van der Waals surface area contributed by atoms with Crippen LogP contribution in [0.1, 0.15) is 18.5 Å². The first-order chi connectivity index (χ1) is 9.08. The number of hydrogen-bond donors (Lipinski definition) is 0. The minimum absolute atomic E-state index is 0.243. The molecule has 0 radical (unpaired) electrons. The van der Waals surface area contributed by atoms with E-state index in [-0.39, 0.29) is 5.91 Å². The highest BCUT2D eigenvalue weighted by atomic mass is 32.1. The lowest BCUT2D eigenvalue weighted by atomic mass is 10.1. The molecule has 1 aliphatic rings. The third-order valence-corrected chi connectivity index (χ3v) is 4.39. The topological polar surface area (TPSA) is 26.8 Å². The van der Waals surface area contributed by atoms with Crippen molar-refractivity contribution >= 4 is 17.2 Å². The number of rotatable bonds is 4. The first kappa shape index (κ1) is 14.5. The summed E-state index contributed by atoms with van der Waals surface area (Å²) in [5, 5.41) is 4.34. The third-order valence-electron chi connectivity index (χ3n) is 3.69. The molecule has 4 nitrogen and oxygen atoms in total. The lowest BCUT2D eigenvalue weighted by Gasteiger charge is -2.38. The second-order valence-corrected chi connectivity index (χ2v) is 6.17. The molecule has 106 valence electrons. The summed E-state index contributed by atoms with van der Waals surface area (Å²) < 4.78 is 0. The summed E-state index contributed by atoms with van der Waals surface area (Å²) in [6.07, 6.45) is 0. The van der Waals surface area contributed by atoms with Crippen molar-refractivity contribution < 1.29 is 4.79 Å². The van der Waals surface area contributed by atoms with Gasteiger partial charge in [0, 0.05) is 32.2 Å². The van der Waals surface area contributed by atoms with Crippen LogP contribution in [0.2, 0.25) is 0 Å². The van der Waals surface area contributed by atoms with Crippen molar-refractivity contribution in [3.63, 3.8) is 0 Å². The molecule has 1 fully saturated rings. The molecule has 2 heterocycles. The number of carbonyl (C=O) groups is 1. The van der Waals surface area contributed by atoms with Gasteiger partial charge in [-0.1, -0.05) is 0 Å². The average Bonchev–Trinajstić information content (AvgIpc) is 2.91. The van der Waals surface area contributed by atoms with E-state index in [1.54, 1.807) is 11.3 Å². The first-order valence-electron chi connectivity index (χ1n) is 6.76. The van der Waals surface area contributed by atoms with E-state index in [1.165, 1.54) is 5.56 Å². The van der Waals surface area contributed by atoms with Gasteiger partial charge in [-0.15, -0.1) is 0 Å². The van der Waals surface area contributed by atoms with Crippen LogP contribution < -0.4 is 0 Å². The minimum atomic E-state index is 0.243. The van der Waals surface area contributed by atoms with Gasteiger partial charge in [0.15, 0.2) is 0 Å². The molecule has 0 N–H and O–H groups in total. The molecule has 2 rings (SSSR count). The predicted molar refractivity (Wildman–Crippen MR) is 79.4 cm³/mol. The Morgan fingerprint density at radius 3 is 2.58 bits per heavy atom. The van der Waals surface area contributed by atoms with Gasteiger partial charge in [-0.25, -0.2) is 0 Å². The summed E-state index contributed by atoms with van der Waals surface area (Å²) in [5.41, 5.74) is 1.39. The van der Waals surface area contributed by atoms with Crippen LogP contribution in [0.5, 0.6) is 0 Å². The van der Waals surface area contributed by atoms with E-state index in [1.807, 2.05) is 23.9 Å². The standard InChI is InChI=1S/C14H23N3OS/c1-12(13-4-9-19-11-13)16-5-7-17(8-6-16)14(18)10-15(2)3/h4,9,11-12H,5-8,10H2,1-3H3/t12-/m0/s1. The molecule has 0 saturated carbocycles. The third kappa shape index (κ3) is 3.78. The molecule has 5 heteroatoms. The molecule has 0 aromatic carbocycles. The fourth-order valence-electron chi connectivity index (χ4n) is 2.45. The van der Waals surface area contributed by atoms with Gasteiger partial charge in [0.1, 0.15) is 0 Å². The van der Waals surface area contributed by atoms with E-state index < -0.39 is 0 Å². The zero-order valence-electron chi connectivity index (χ0n) is 12.0. The lowest BCUT2D eigenvalue weighted by Crippen LogP contribution is -2.51. The Kier molecular flexibility index (Phi) is 4.96. The number of likely N-dealkylation sites (N-methyl/N-ethyl adjacent to an activating group) is 1. The van der Waals surface area contributed by atoms with E-state index in [9.17, 15) is 4.79 Å². The van der Waals surface area contributed by atoms with Crippen molar-refractivity contribution in [3.05, 3.63) is 22.4 Å². The van der Waals surface area contributed by atoms with Crippen molar-refractivity contribution in [2.75, 3.05) is 46.8 Å². The van der Waals surface area contributed by atoms with Gasteiger partial charge in [-0.05, 0) is 43.4 Å². The van der Waals surface area contributed by atoms with Gasteiger partial charge < -0.3 is 9.80 Å². The Hall–Kier alpha value is -0.910. The summed E-state index contributed by atoms with van der Waals surface area (Å²) in [4.78, 5) is 18.4. The van der Waals surface area contributed by atoms with E-state index >= 15 is 0 Å². The smallest absolute Gasteiger partial charge is 0.236 e. The molecule has 0 unspecified atom stereocenters. The van der Waals surface area contributed by atoms with Gasteiger partial charge in [-0.3, -0.25) is 9.69 Å². The van der Waals surface area contributed by atoms with Crippen LogP contribution in [0.15, 0.2) is 16.8 Å². The molecule has 1 amide bonds. The second kappa shape index (κ2) is 6.50. The van der Waals surface area contributed by atoms with Crippen LogP contribution in [0.3, 0.4) is 0 Å². The molecule has 1 atom stereocenters. The normalized spacial score (nSPS) is 18.8. The number of hydrogen-bond acceptors (Lipinski definition) is 4. The van der Waals surface area contributed by atoms with Crippen molar-refractivity contribution in [2.24, 2.45) is 0 Å². The van der Waals surface area contributed by atoms with E-state index in [2.05, 4.69) is 28.7 Å². The van der Waals surface area contributed by atoms with Gasteiger partial charge in [0.2, 0.25) is 5.91 Å². The second-order valence-electron chi connectivity index (χ2n) is 5.39. The molecular weight excluding hydrogens is 258 g/mol. The molecule has 1 aliphatic heterocycles. The number of carbonyl (C=O) groups excluding carboxylic acids is 1. The van der Waals surface area contributed by atoms with Crippen molar-refractivity contribution in [1.29, 1.82) is 0 Å². The highest BCUT2D eigenvalue weighted by Gasteiger charge is 2.24. The van der Waals surface area contributed by atoms with E-state index in [0.29, 0.717) is 12.6 Å². The van der Waals surface area contributed by atoms with Crippen LogP contribution in [0, 0.1) is 0 Å². The fourth-order valence-corrected chi connectivity index (χ4v) is 3.20. The molecule has 0 bridgehead atoms.